The van der Waals surface area contributed by atoms with Crippen molar-refractivity contribution in [1.29, 1.82) is 0 Å². The molecule has 2 rings (SSSR count). The Balaban J connectivity index is 2.06. The summed E-state index contributed by atoms with van der Waals surface area (Å²) in [6, 6.07) is 7.32. The molecule has 0 radical (unpaired) electrons. The number of benzene rings is 1. The summed E-state index contributed by atoms with van der Waals surface area (Å²) in [5.74, 6) is 0.818. The molecule has 1 N–H and O–H groups in total. The molecule has 0 aromatic heterocycles. The molecule has 1 aliphatic heterocycles. The standard InChI is InChI=1S/C18H28N2O/c1-12(2)11-19-13(3)8-16-6-7-18-17(10-16)9-14(4)20(18)15(5)21/h6-7,10,12-14,19H,8-9,11H2,1-5H3. The highest BCUT2D eigenvalue weighted by Gasteiger charge is 2.28. The van der Waals surface area contributed by atoms with Gasteiger partial charge in [-0.3, -0.25) is 4.79 Å². The molecule has 2 unspecified atom stereocenters. The minimum atomic E-state index is 0.140. The van der Waals surface area contributed by atoms with Gasteiger partial charge >= 0.3 is 0 Å². The Morgan fingerprint density at radius 2 is 2.10 bits per heavy atom. The van der Waals surface area contributed by atoms with Gasteiger partial charge in [0.15, 0.2) is 0 Å². The van der Waals surface area contributed by atoms with E-state index in [9.17, 15) is 4.79 Å². The smallest absolute Gasteiger partial charge is 0.224 e. The zero-order chi connectivity index (χ0) is 15.6. The lowest BCUT2D eigenvalue weighted by atomic mass is 10.0. The molecule has 1 heterocycles. The number of nitrogens with zero attached hydrogens (tertiary/aromatic N) is 1. The summed E-state index contributed by atoms with van der Waals surface area (Å²) in [5, 5.41) is 3.57. The van der Waals surface area contributed by atoms with E-state index in [-0.39, 0.29) is 11.9 Å². The molecule has 1 aromatic rings. The van der Waals surface area contributed by atoms with Crippen molar-refractivity contribution >= 4 is 11.6 Å². The molecule has 0 saturated carbocycles. The molecule has 0 saturated heterocycles. The first-order chi connectivity index (χ1) is 9.88. The fourth-order valence-electron chi connectivity index (χ4n) is 3.15. The van der Waals surface area contributed by atoms with Crippen LogP contribution < -0.4 is 10.2 Å². The van der Waals surface area contributed by atoms with Crippen LogP contribution in [-0.4, -0.2) is 24.5 Å². The van der Waals surface area contributed by atoms with E-state index in [1.807, 2.05) is 4.90 Å². The zero-order valence-corrected chi connectivity index (χ0v) is 13.9. The van der Waals surface area contributed by atoms with Gasteiger partial charge in [-0.05, 0) is 56.3 Å². The molecule has 0 aliphatic carbocycles. The molecule has 3 heteroatoms. The Bertz CT molecular complexity index is 510. The molecular formula is C18H28N2O. The maximum absolute atomic E-state index is 11.7. The van der Waals surface area contributed by atoms with E-state index >= 15 is 0 Å². The second-order valence-corrected chi connectivity index (χ2v) is 6.81. The van der Waals surface area contributed by atoms with E-state index in [2.05, 4.69) is 51.2 Å². The number of hydrogen-bond acceptors (Lipinski definition) is 2. The number of carbonyl (C=O) groups excluding carboxylic acids is 1. The summed E-state index contributed by atoms with van der Waals surface area (Å²) in [4.78, 5) is 13.7. The maximum Gasteiger partial charge on any atom is 0.224 e. The van der Waals surface area contributed by atoms with Crippen LogP contribution in [0, 0.1) is 5.92 Å². The summed E-state index contributed by atoms with van der Waals surface area (Å²) < 4.78 is 0. The Labute approximate surface area is 128 Å². The van der Waals surface area contributed by atoms with E-state index < -0.39 is 0 Å². The van der Waals surface area contributed by atoms with Crippen molar-refractivity contribution in [3.8, 4) is 0 Å². The zero-order valence-electron chi connectivity index (χ0n) is 13.9. The van der Waals surface area contributed by atoms with Crippen LogP contribution in [0.1, 0.15) is 45.7 Å². The molecule has 1 aromatic carbocycles. The number of anilines is 1. The van der Waals surface area contributed by atoms with Gasteiger partial charge in [0.2, 0.25) is 5.91 Å². The number of amides is 1. The van der Waals surface area contributed by atoms with Crippen molar-refractivity contribution in [2.75, 3.05) is 11.4 Å². The Hall–Kier alpha value is -1.35. The molecule has 0 bridgehead atoms. The number of hydrogen-bond donors (Lipinski definition) is 1. The topological polar surface area (TPSA) is 32.3 Å². The van der Waals surface area contributed by atoms with E-state index in [0.29, 0.717) is 12.0 Å². The normalized spacial score (nSPS) is 19.0. The van der Waals surface area contributed by atoms with E-state index in [4.69, 9.17) is 0 Å². The predicted molar refractivity (Wildman–Crippen MR) is 88.8 cm³/mol. The molecular weight excluding hydrogens is 260 g/mol. The summed E-state index contributed by atoms with van der Waals surface area (Å²) in [7, 11) is 0. The molecule has 1 aliphatic rings. The van der Waals surface area contributed by atoms with Gasteiger partial charge in [-0.2, -0.15) is 0 Å². The Morgan fingerprint density at radius 1 is 1.38 bits per heavy atom. The van der Waals surface area contributed by atoms with Crippen LogP contribution in [0.5, 0.6) is 0 Å². The molecule has 21 heavy (non-hydrogen) atoms. The molecule has 116 valence electrons. The average Bonchev–Trinajstić information content (AvgIpc) is 2.71. The summed E-state index contributed by atoms with van der Waals surface area (Å²) in [6.45, 7) is 11.5. The molecule has 0 fully saturated rings. The minimum absolute atomic E-state index is 0.140. The Morgan fingerprint density at radius 3 is 2.71 bits per heavy atom. The van der Waals surface area contributed by atoms with Gasteiger partial charge in [0.1, 0.15) is 0 Å². The quantitative estimate of drug-likeness (QED) is 0.902. The van der Waals surface area contributed by atoms with Gasteiger partial charge in [0, 0.05) is 24.7 Å². The second kappa shape index (κ2) is 6.61. The summed E-state index contributed by atoms with van der Waals surface area (Å²) in [6.07, 6.45) is 2.00. The second-order valence-electron chi connectivity index (χ2n) is 6.81. The lowest BCUT2D eigenvalue weighted by molar-refractivity contribution is -0.116. The highest BCUT2D eigenvalue weighted by molar-refractivity contribution is 5.94. The van der Waals surface area contributed by atoms with Gasteiger partial charge in [0.05, 0.1) is 0 Å². The molecule has 2 atom stereocenters. The van der Waals surface area contributed by atoms with Gasteiger partial charge in [-0.25, -0.2) is 0 Å². The Kier molecular flexibility index (Phi) is 5.04. The fraction of sp³-hybridized carbons (Fsp3) is 0.611. The monoisotopic (exact) mass is 288 g/mol. The highest BCUT2D eigenvalue weighted by atomic mass is 16.2. The van der Waals surface area contributed by atoms with Crippen LogP contribution >= 0.6 is 0 Å². The fourth-order valence-corrected chi connectivity index (χ4v) is 3.15. The van der Waals surface area contributed by atoms with Crippen molar-refractivity contribution in [3.63, 3.8) is 0 Å². The average molecular weight is 288 g/mol. The van der Waals surface area contributed by atoms with Gasteiger partial charge in [-0.15, -0.1) is 0 Å². The third-order valence-electron chi connectivity index (χ3n) is 4.12. The van der Waals surface area contributed by atoms with Gasteiger partial charge in [0.25, 0.3) is 0 Å². The van der Waals surface area contributed by atoms with Crippen molar-refractivity contribution in [1.82, 2.24) is 5.32 Å². The van der Waals surface area contributed by atoms with Crippen molar-refractivity contribution in [2.45, 2.75) is 59.5 Å². The number of carbonyl (C=O) groups is 1. The van der Waals surface area contributed by atoms with Gasteiger partial charge < -0.3 is 10.2 Å². The van der Waals surface area contributed by atoms with Crippen LogP contribution in [-0.2, 0) is 17.6 Å². The molecule has 1 amide bonds. The van der Waals surface area contributed by atoms with Crippen LogP contribution in [0.3, 0.4) is 0 Å². The predicted octanol–water partition coefficient (Wildman–Crippen LogP) is 3.16. The lowest BCUT2D eigenvalue weighted by Crippen LogP contribution is -2.33. The highest BCUT2D eigenvalue weighted by Crippen LogP contribution is 2.33. The first kappa shape index (κ1) is 16.0. The third-order valence-corrected chi connectivity index (χ3v) is 4.12. The van der Waals surface area contributed by atoms with Crippen molar-refractivity contribution < 1.29 is 4.79 Å². The molecule has 3 nitrogen and oxygen atoms in total. The maximum atomic E-state index is 11.7. The SMILES string of the molecule is CC(=O)N1c2ccc(CC(C)NCC(C)C)cc2CC1C. The van der Waals surface area contributed by atoms with E-state index in [0.717, 1.165) is 25.1 Å². The van der Waals surface area contributed by atoms with Crippen LogP contribution in [0.4, 0.5) is 5.69 Å². The molecule has 0 spiro atoms. The van der Waals surface area contributed by atoms with Crippen molar-refractivity contribution in [3.05, 3.63) is 29.3 Å². The van der Waals surface area contributed by atoms with Crippen molar-refractivity contribution in [2.24, 2.45) is 5.92 Å². The first-order valence-corrected chi connectivity index (χ1v) is 8.03. The van der Waals surface area contributed by atoms with Crippen LogP contribution in [0.2, 0.25) is 0 Å². The first-order valence-electron chi connectivity index (χ1n) is 8.03. The summed E-state index contributed by atoms with van der Waals surface area (Å²) in [5.41, 5.74) is 3.77. The third kappa shape index (κ3) is 3.85. The van der Waals surface area contributed by atoms with E-state index in [1.54, 1.807) is 6.92 Å². The van der Waals surface area contributed by atoms with Gasteiger partial charge in [-0.1, -0.05) is 26.0 Å². The number of rotatable bonds is 5. The largest absolute Gasteiger partial charge is 0.314 e. The minimum Gasteiger partial charge on any atom is -0.314 e. The van der Waals surface area contributed by atoms with Crippen LogP contribution in [0.15, 0.2) is 18.2 Å². The summed E-state index contributed by atoms with van der Waals surface area (Å²) >= 11 is 0. The van der Waals surface area contributed by atoms with E-state index in [1.165, 1.54) is 11.1 Å². The lowest BCUT2D eigenvalue weighted by Gasteiger charge is -2.21. The number of fused-ring (bicyclic) bond motifs is 1. The van der Waals surface area contributed by atoms with Crippen LogP contribution in [0.25, 0.3) is 0 Å². The number of nitrogens with one attached hydrogen (secondary N) is 1.